The van der Waals surface area contributed by atoms with Gasteiger partial charge in [-0.3, -0.25) is 4.79 Å². The Morgan fingerprint density at radius 3 is 2.72 bits per heavy atom. The van der Waals surface area contributed by atoms with Crippen LogP contribution in [0.1, 0.15) is 52.9 Å². The van der Waals surface area contributed by atoms with Gasteiger partial charge in [-0.2, -0.15) is 0 Å². The molecule has 1 amide bonds. The molecule has 2 aliphatic carbocycles. The number of fused-ring (bicyclic) bond motifs is 2. The van der Waals surface area contributed by atoms with Gasteiger partial charge in [0.25, 0.3) is 5.91 Å². The van der Waals surface area contributed by atoms with Crippen LogP contribution < -0.4 is 5.32 Å². The Labute approximate surface area is 172 Å². The van der Waals surface area contributed by atoms with Gasteiger partial charge in [-0.25, -0.2) is 18.7 Å². The number of alkyl halides is 2. The van der Waals surface area contributed by atoms with Gasteiger partial charge in [0.05, 0.1) is 17.8 Å². The SMILES string of the molecule is O=C1c2cnc(NC3Cc4ccc(Cl)cc4C3)nc2CN1C1CCC(F)(F)CC1. The molecule has 0 radical (unpaired) electrons. The fourth-order valence-corrected chi connectivity index (χ4v) is 4.87. The molecule has 3 aliphatic rings. The number of carbonyl (C=O) groups excluding carboxylic acids is 1. The summed E-state index contributed by atoms with van der Waals surface area (Å²) in [5.41, 5.74) is 3.65. The van der Waals surface area contributed by atoms with Gasteiger partial charge in [-0.1, -0.05) is 17.7 Å². The molecule has 1 aromatic carbocycles. The number of rotatable bonds is 3. The minimum absolute atomic E-state index is 0.148. The summed E-state index contributed by atoms with van der Waals surface area (Å²) < 4.78 is 26.9. The Balaban J connectivity index is 1.27. The lowest BCUT2D eigenvalue weighted by atomic mass is 9.91. The summed E-state index contributed by atoms with van der Waals surface area (Å²) in [4.78, 5) is 23.3. The normalized spacial score (nSPS) is 23.2. The minimum Gasteiger partial charge on any atom is -0.351 e. The third-order valence-corrected chi connectivity index (χ3v) is 6.48. The molecule has 1 fully saturated rings. The smallest absolute Gasteiger partial charge is 0.257 e. The Kier molecular flexibility index (Phi) is 4.46. The van der Waals surface area contributed by atoms with E-state index in [-0.39, 0.29) is 30.8 Å². The molecule has 1 aromatic heterocycles. The molecule has 1 aliphatic heterocycles. The van der Waals surface area contributed by atoms with Crippen molar-refractivity contribution in [3.63, 3.8) is 0 Å². The number of anilines is 1. The Morgan fingerprint density at radius 2 is 1.93 bits per heavy atom. The highest BCUT2D eigenvalue weighted by Gasteiger charge is 2.41. The molecular formula is C21H21ClF2N4O. The van der Waals surface area contributed by atoms with Gasteiger partial charge >= 0.3 is 0 Å². The van der Waals surface area contributed by atoms with Crippen molar-refractivity contribution in [2.75, 3.05) is 5.32 Å². The molecule has 1 unspecified atom stereocenters. The largest absolute Gasteiger partial charge is 0.351 e. The lowest BCUT2D eigenvalue weighted by Gasteiger charge is -2.34. The zero-order chi connectivity index (χ0) is 20.2. The second-order valence-corrected chi connectivity index (χ2v) is 8.67. The number of nitrogens with one attached hydrogen (secondary N) is 1. The Morgan fingerprint density at radius 1 is 1.17 bits per heavy atom. The zero-order valence-electron chi connectivity index (χ0n) is 15.8. The molecule has 0 saturated heterocycles. The van der Waals surface area contributed by atoms with Crippen molar-refractivity contribution in [2.24, 2.45) is 0 Å². The van der Waals surface area contributed by atoms with Gasteiger partial charge in [0, 0.05) is 36.1 Å². The van der Waals surface area contributed by atoms with Crippen molar-refractivity contribution in [1.82, 2.24) is 14.9 Å². The summed E-state index contributed by atoms with van der Waals surface area (Å²) in [6, 6.07) is 5.97. The van der Waals surface area contributed by atoms with Crippen LogP contribution in [0.15, 0.2) is 24.4 Å². The van der Waals surface area contributed by atoms with E-state index in [4.69, 9.17) is 11.6 Å². The van der Waals surface area contributed by atoms with Crippen molar-refractivity contribution in [1.29, 1.82) is 0 Å². The van der Waals surface area contributed by atoms with Gasteiger partial charge in [-0.15, -0.1) is 0 Å². The Hall–Kier alpha value is -2.28. The predicted octanol–water partition coefficient (Wildman–Crippen LogP) is 4.24. The molecule has 5 rings (SSSR count). The fraction of sp³-hybridized carbons (Fsp3) is 0.476. The van der Waals surface area contributed by atoms with Crippen molar-refractivity contribution in [2.45, 2.75) is 63.1 Å². The highest BCUT2D eigenvalue weighted by molar-refractivity contribution is 6.30. The van der Waals surface area contributed by atoms with E-state index in [9.17, 15) is 13.6 Å². The maximum Gasteiger partial charge on any atom is 0.257 e. The van der Waals surface area contributed by atoms with Gasteiger partial charge in [-0.05, 0) is 48.9 Å². The number of aromatic nitrogens is 2. The summed E-state index contributed by atoms with van der Waals surface area (Å²) in [6.07, 6.45) is 3.60. The molecule has 5 nitrogen and oxygen atoms in total. The van der Waals surface area contributed by atoms with Crippen LogP contribution in [0.2, 0.25) is 5.02 Å². The number of carbonyl (C=O) groups is 1. The van der Waals surface area contributed by atoms with E-state index in [0.29, 0.717) is 36.6 Å². The quantitative estimate of drug-likeness (QED) is 0.809. The molecule has 1 saturated carbocycles. The Bertz CT molecular complexity index is 973. The third kappa shape index (κ3) is 3.56. The van der Waals surface area contributed by atoms with E-state index in [1.807, 2.05) is 18.2 Å². The first-order chi connectivity index (χ1) is 13.9. The predicted molar refractivity (Wildman–Crippen MR) is 105 cm³/mol. The molecule has 1 atom stereocenters. The number of halogens is 3. The van der Waals surface area contributed by atoms with Crippen LogP contribution in [-0.2, 0) is 19.4 Å². The highest BCUT2D eigenvalue weighted by atomic mass is 35.5. The number of nitrogens with zero attached hydrogens (tertiary/aromatic N) is 3. The minimum atomic E-state index is -2.61. The fourth-order valence-electron chi connectivity index (χ4n) is 4.68. The molecule has 2 heterocycles. The van der Waals surface area contributed by atoms with Crippen molar-refractivity contribution >= 4 is 23.5 Å². The van der Waals surface area contributed by atoms with Crippen LogP contribution in [0.4, 0.5) is 14.7 Å². The van der Waals surface area contributed by atoms with Gasteiger partial charge in [0.1, 0.15) is 0 Å². The average molecular weight is 419 g/mol. The zero-order valence-corrected chi connectivity index (χ0v) is 16.6. The van der Waals surface area contributed by atoms with E-state index in [1.165, 1.54) is 11.1 Å². The summed E-state index contributed by atoms with van der Waals surface area (Å²) in [5.74, 6) is -2.26. The topological polar surface area (TPSA) is 58.1 Å². The monoisotopic (exact) mass is 418 g/mol. The van der Waals surface area contributed by atoms with Crippen LogP contribution >= 0.6 is 11.6 Å². The summed E-state index contributed by atoms with van der Waals surface area (Å²) in [5, 5.41) is 4.10. The number of benzene rings is 1. The maximum atomic E-state index is 13.5. The van der Waals surface area contributed by atoms with E-state index < -0.39 is 5.92 Å². The number of hydrogen-bond donors (Lipinski definition) is 1. The molecule has 0 spiro atoms. The molecule has 29 heavy (non-hydrogen) atoms. The molecule has 2 aromatic rings. The summed E-state index contributed by atoms with van der Waals surface area (Å²) in [6.45, 7) is 0.363. The van der Waals surface area contributed by atoms with Crippen LogP contribution in [-0.4, -0.2) is 38.8 Å². The van der Waals surface area contributed by atoms with E-state index in [1.54, 1.807) is 11.1 Å². The molecule has 0 bridgehead atoms. The molecule has 1 N–H and O–H groups in total. The van der Waals surface area contributed by atoms with Gasteiger partial charge in [0.2, 0.25) is 11.9 Å². The first kappa shape index (κ1) is 18.7. The van der Waals surface area contributed by atoms with E-state index in [0.717, 1.165) is 17.9 Å². The van der Waals surface area contributed by atoms with Crippen LogP contribution in [0.5, 0.6) is 0 Å². The molecule has 8 heteroatoms. The van der Waals surface area contributed by atoms with Crippen molar-refractivity contribution in [3.05, 3.63) is 51.8 Å². The van der Waals surface area contributed by atoms with E-state index in [2.05, 4.69) is 15.3 Å². The third-order valence-electron chi connectivity index (χ3n) is 6.24. The standard InChI is InChI=1S/C21H21ClF2N4O/c22-14-2-1-12-8-15(9-13(12)7-14)26-20-25-10-17-18(27-20)11-28(19(17)29)16-3-5-21(23,24)6-4-16/h1-2,7,10,15-16H,3-6,8-9,11H2,(H,25,26,27). The van der Waals surface area contributed by atoms with Crippen LogP contribution in [0.25, 0.3) is 0 Å². The highest BCUT2D eigenvalue weighted by Crippen LogP contribution is 2.37. The second-order valence-electron chi connectivity index (χ2n) is 8.24. The lowest BCUT2D eigenvalue weighted by Crippen LogP contribution is -2.40. The summed E-state index contributed by atoms with van der Waals surface area (Å²) >= 11 is 6.08. The van der Waals surface area contributed by atoms with Gasteiger partial charge < -0.3 is 10.2 Å². The second kappa shape index (κ2) is 6.90. The number of hydrogen-bond acceptors (Lipinski definition) is 4. The van der Waals surface area contributed by atoms with Gasteiger partial charge in [0.15, 0.2) is 0 Å². The average Bonchev–Trinajstić information content (AvgIpc) is 3.22. The number of amides is 1. The lowest BCUT2D eigenvalue weighted by molar-refractivity contribution is -0.0510. The maximum absolute atomic E-state index is 13.5. The molecular weight excluding hydrogens is 398 g/mol. The first-order valence-electron chi connectivity index (χ1n) is 9.96. The van der Waals surface area contributed by atoms with Crippen molar-refractivity contribution < 1.29 is 13.6 Å². The van der Waals surface area contributed by atoms with E-state index >= 15 is 0 Å². The summed E-state index contributed by atoms with van der Waals surface area (Å²) in [7, 11) is 0. The first-order valence-corrected chi connectivity index (χ1v) is 10.3. The van der Waals surface area contributed by atoms with Crippen LogP contribution in [0.3, 0.4) is 0 Å². The van der Waals surface area contributed by atoms with Crippen molar-refractivity contribution in [3.8, 4) is 0 Å². The van der Waals surface area contributed by atoms with Crippen LogP contribution in [0, 0.1) is 0 Å². The molecule has 152 valence electrons.